The summed E-state index contributed by atoms with van der Waals surface area (Å²) in [7, 11) is 0. The lowest BCUT2D eigenvalue weighted by molar-refractivity contribution is -0.904. The van der Waals surface area contributed by atoms with E-state index in [1.807, 2.05) is 0 Å². The van der Waals surface area contributed by atoms with E-state index in [9.17, 15) is 27.7 Å². The molecule has 1 amide bonds. The molecule has 0 fully saturated rings. The van der Waals surface area contributed by atoms with Crippen LogP contribution in [0.2, 0.25) is 5.15 Å². The number of pyridine rings is 1. The normalized spacial score (nSPS) is 12.8. The number of rotatable bonds is 7. The van der Waals surface area contributed by atoms with E-state index in [4.69, 9.17) is 11.6 Å². The zero-order chi connectivity index (χ0) is 20.2. The summed E-state index contributed by atoms with van der Waals surface area (Å²) in [5.74, 6) is -2.36. The number of hydrogen-bond acceptors (Lipinski definition) is 4. The fraction of sp³-hybridized carbons (Fsp3) is 0.400. The van der Waals surface area contributed by atoms with Gasteiger partial charge in [-0.15, -0.1) is 0 Å². The van der Waals surface area contributed by atoms with Crippen LogP contribution in [0.25, 0.3) is 5.69 Å². The third-order valence-corrected chi connectivity index (χ3v) is 5.04. The van der Waals surface area contributed by atoms with Crippen LogP contribution in [-0.4, -0.2) is 49.7 Å². The summed E-state index contributed by atoms with van der Waals surface area (Å²) in [6.45, 7) is 1.87. The predicted octanol–water partition coefficient (Wildman–Crippen LogP) is 2.10. The molecule has 0 spiro atoms. The molecule has 7 nitrogen and oxygen atoms in total. The molecule has 0 saturated heterocycles. The van der Waals surface area contributed by atoms with Crippen LogP contribution < -0.4 is 9.63 Å². The Labute approximate surface area is 161 Å². The largest absolute Gasteiger partial charge is 0.616 e. The van der Waals surface area contributed by atoms with Gasteiger partial charge in [-0.2, -0.15) is 18.3 Å². The number of amides is 1. The van der Waals surface area contributed by atoms with E-state index in [2.05, 4.69) is 5.10 Å². The van der Waals surface area contributed by atoms with Gasteiger partial charge >= 0.3 is 6.18 Å². The Morgan fingerprint density at radius 1 is 1.52 bits per heavy atom. The third kappa shape index (κ3) is 6.01. The topological polar surface area (TPSA) is 85.3 Å². The molecule has 2 aromatic heterocycles. The summed E-state index contributed by atoms with van der Waals surface area (Å²) in [6.07, 6.45) is -0.627. The summed E-state index contributed by atoms with van der Waals surface area (Å²) in [5, 5.41) is 13.5. The molecule has 1 N–H and O–H groups in total. The second-order valence-corrected chi connectivity index (χ2v) is 7.42. The molecule has 0 bridgehead atoms. The van der Waals surface area contributed by atoms with Crippen LogP contribution in [0.15, 0.2) is 30.7 Å². The van der Waals surface area contributed by atoms with Gasteiger partial charge in [-0.25, -0.2) is 4.68 Å². The van der Waals surface area contributed by atoms with Crippen molar-refractivity contribution in [2.75, 3.05) is 23.0 Å². The second-order valence-electron chi connectivity index (χ2n) is 5.48. The molecule has 0 saturated carbocycles. The van der Waals surface area contributed by atoms with Gasteiger partial charge in [0.15, 0.2) is 5.15 Å². The van der Waals surface area contributed by atoms with Gasteiger partial charge < -0.3 is 9.45 Å². The van der Waals surface area contributed by atoms with Crippen molar-refractivity contribution in [3.05, 3.63) is 35.9 Å². The van der Waals surface area contributed by atoms with Crippen molar-refractivity contribution in [3.8, 4) is 5.69 Å². The van der Waals surface area contributed by atoms with Crippen molar-refractivity contribution < 1.29 is 32.5 Å². The van der Waals surface area contributed by atoms with Crippen molar-refractivity contribution in [1.29, 1.82) is 0 Å². The molecule has 0 radical (unpaired) electrons. The van der Waals surface area contributed by atoms with E-state index in [0.717, 1.165) is 4.73 Å². The summed E-state index contributed by atoms with van der Waals surface area (Å²) in [6, 6.07) is 3.22. The van der Waals surface area contributed by atoms with Crippen LogP contribution in [0.3, 0.4) is 0 Å². The smallest absolute Gasteiger partial charge is 0.433 e. The molecule has 148 valence electrons. The van der Waals surface area contributed by atoms with Crippen LogP contribution in [0.1, 0.15) is 13.3 Å². The van der Waals surface area contributed by atoms with Crippen LogP contribution >= 0.6 is 11.6 Å². The number of aromatic nitrogens is 3. The molecule has 0 aliphatic heterocycles. The van der Waals surface area contributed by atoms with Gasteiger partial charge in [0.2, 0.25) is 24.1 Å². The quantitative estimate of drug-likeness (QED) is 0.418. The summed E-state index contributed by atoms with van der Waals surface area (Å²) >= 11 is 3.92. The first-order valence-corrected chi connectivity index (χ1v) is 9.65. The standard InChI is InChI=1S/C15H17ClF3N4O3S/c1-2-22(13(24)5-7-27(26)10-15(17,18)19)12-9-23(20-14(12)16)11-4-3-6-21(25)8-11/h3-4,6,8-9,25H,2,5,7,10H2,1H3/q+1. The van der Waals surface area contributed by atoms with Gasteiger partial charge in [0, 0.05) is 17.3 Å². The van der Waals surface area contributed by atoms with Crippen molar-refractivity contribution in [3.63, 3.8) is 0 Å². The molecular weight excluding hydrogens is 409 g/mol. The molecule has 2 aromatic rings. The Morgan fingerprint density at radius 3 is 2.81 bits per heavy atom. The van der Waals surface area contributed by atoms with Crippen LogP contribution in [0, 0.1) is 0 Å². The lowest BCUT2D eigenvalue weighted by Crippen LogP contribution is -2.33. The van der Waals surface area contributed by atoms with Crippen LogP contribution in [0.4, 0.5) is 18.9 Å². The van der Waals surface area contributed by atoms with E-state index in [0.29, 0.717) is 5.69 Å². The first kappa shape index (κ1) is 21.3. The van der Waals surface area contributed by atoms with E-state index >= 15 is 0 Å². The SMILES string of the molecule is CCN(C(=O)CC[S+]([O-])CC(F)(F)F)c1cn(-c2ccc[n+](O)c2)nc1Cl. The summed E-state index contributed by atoms with van der Waals surface area (Å²) < 4.78 is 50.3. The van der Waals surface area contributed by atoms with Crippen molar-refractivity contribution in [2.45, 2.75) is 19.5 Å². The minimum Gasteiger partial charge on any atom is -0.616 e. The van der Waals surface area contributed by atoms with Crippen LogP contribution in [0.5, 0.6) is 0 Å². The van der Waals surface area contributed by atoms with E-state index in [-0.39, 0.29) is 23.8 Å². The lowest BCUT2D eigenvalue weighted by atomic mass is 10.3. The average molecular weight is 426 g/mol. The minimum absolute atomic E-state index is 0.00922. The molecule has 1 unspecified atom stereocenters. The molecule has 0 aliphatic rings. The third-order valence-electron chi connectivity index (χ3n) is 3.46. The zero-order valence-corrected chi connectivity index (χ0v) is 15.8. The van der Waals surface area contributed by atoms with Gasteiger partial charge in [0.05, 0.1) is 12.6 Å². The Balaban J connectivity index is 2.11. The summed E-state index contributed by atoms with van der Waals surface area (Å²) in [5.41, 5.74) is 0.738. The van der Waals surface area contributed by atoms with Crippen LogP contribution in [-0.2, 0) is 16.0 Å². The van der Waals surface area contributed by atoms with E-state index < -0.39 is 34.8 Å². The molecule has 0 aliphatic carbocycles. The number of hydrogen-bond donors (Lipinski definition) is 1. The molecule has 12 heteroatoms. The second kappa shape index (κ2) is 8.81. The predicted molar refractivity (Wildman–Crippen MR) is 92.5 cm³/mol. The fourth-order valence-corrected chi connectivity index (χ4v) is 3.46. The highest BCUT2D eigenvalue weighted by atomic mass is 35.5. The van der Waals surface area contributed by atoms with E-state index in [1.165, 1.54) is 28.2 Å². The highest BCUT2D eigenvalue weighted by Crippen LogP contribution is 2.26. The van der Waals surface area contributed by atoms with Gasteiger partial charge in [-0.1, -0.05) is 11.6 Å². The van der Waals surface area contributed by atoms with Gasteiger partial charge in [-0.05, 0) is 24.2 Å². The number of alkyl halides is 3. The number of anilines is 1. The Bertz CT molecular complexity index is 803. The van der Waals surface area contributed by atoms with Gasteiger partial charge in [0.25, 0.3) is 0 Å². The average Bonchev–Trinajstić information content (AvgIpc) is 2.94. The van der Waals surface area contributed by atoms with Gasteiger partial charge in [0.1, 0.15) is 17.1 Å². The maximum atomic E-state index is 12.4. The number of carbonyl (C=O) groups excluding carboxylic acids is 1. The van der Waals surface area contributed by atoms with Gasteiger partial charge in [-0.3, -0.25) is 10.0 Å². The number of carbonyl (C=O) groups is 1. The number of nitrogens with zero attached hydrogens (tertiary/aromatic N) is 4. The van der Waals surface area contributed by atoms with Crippen molar-refractivity contribution >= 4 is 34.4 Å². The number of halogens is 4. The first-order valence-electron chi connectivity index (χ1n) is 7.79. The van der Waals surface area contributed by atoms with E-state index in [1.54, 1.807) is 19.1 Å². The first-order chi connectivity index (χ1) is 12.6. The molecule has 27 heavy (non-hydrogen) atoms. The highest BCUT2D eigenvalue weighted by molar-refractivity contribution is 7.91. The zero-order valence-electron chi connectivity index (χ0n) is 14.2. The highest BCUT2D eigenvalue weighted by Gasteiger charge is 2.35. The summed E-state index contributed by atoms with van der Waals surface area (Å²) in [4.78, 5) is 13.6. The molecule has 1 atom stereocenters. The molecule has 0 aromatic carbocycles. The van der Waals surface area contributed by atoms with Crippen molar-refractivity contribution in [1.82, 2.24) is 9.78 Å². The monoisotopic (exact) mass is 425 g/mol. The lowest BCUT2D eigenvalue weighted by Gasteiger charge is -2.20. The fourth-order valence-electron chi connectivity index (χ4n) is 2.32. The molecule has 2 heterocycles. The minimum atomic E-state index is -4.54. The Hall–Kier alpha value is -1.98. The Morgan fingerprint density at radius 2 is 2.22 bits per heavy atom. The maximum Gasteiger partial charge on any atom is 0.433 e. The Kier molecular flexibility index (Phi) is 6.95. The van der Waals surface area contributed by atoms with Crippen molar-refractivity contribution in [2.24, 2.45) is 0 Å². The molecular formula is C15H17ClF3N4O3S+. The molecule has 2 rings (SSSR count). The maximum absolute atomic E-state index is 12.4.